The summed E-state index contributed by atoms with van der Waals surface area (Å²) in [6.07, 6.45) is 1.62. The zero-order valence-electron chi connectivity index (χ0n) is 23.7. The van der Waals surface area contributed by atoms with E-state index in [-0.39, 0.29) is 23.3 Å². The lowest BCUT2D eigenvalue weighted by Gasteiger charge is -2.35. The number of rotatable bonds is 7. The van der Waals surface area contributed by atoms with Gasteiger partial charge in [-0.15, -0.1) is 0 Å². The molecule has 41 heavy (non-hydrogen) atoms. The number of ether oxygens (including phenoxy) is 3. The second-order valence-corrected chi connectivity index (χ2v) is 11.4. The first kappa shape index (κ1) is 28.2. The van der Waals surface area contributed by atoms with Gasteiger partial charge >= 0.3 is 11.9 Å². The average molecular weight is 564 g/mol. The van der Waals surface area contributed by atoms with Crippen molar-refractivity contribution in [1.82, 2.24) is 15.2 Å². The molecule has 2 aromatic carbocycles. The second-order valence-electron chi connectivity index (χ2n) is 11.4. The molecule has 2 aliphatic heterocycles. The number of nitrogens with one attached hydrogen (secondary N) is 2. The monoisotopic (exact) mass is 563 g/mol. The Hall–Kier alpha value is -4.38. The van der Waals surface area contributed by atoms with Gasteiger partial charge in [-0.05, 0) is 44.0 Å². The van der Waals surface area contributed by atoms with Crippen LogP contribution in [-0.2, 0) is 25.5 Å². The van der Waals surface area contributed by atoms with Gasteiger partial charge in [-0.3, -0.25) is 24.6 Å². The molecule has 3 N–H and O–H groups in total. The molecule has 11 heteroatoms. The van der Waals surface area contributed by atoms with Crippen LogP contribution in [0.1, 0.15) is 48.3 Å². The van der Waals surface area contributed by atoms with Crippen LogP contribution in [0.3, 0.4) is 0 Å². The smallest absolute Gasteiger partial charge is 0.341 e. The molecule has 0 aliphatic carbocycles. The fourth-order valence-corrected chi connectivity index (χ4v) is 6.40. The van der Waals surface area contributed by atoms with E-state index in [2.05, 4.69) is 10.3 Å². The van der Waals surface area contributed by atoms with E-state index in [4.69, 9.17) is 14.2 Å². The molecule has 11 nitrogen and oxygen atoms in total. The lowest BCUT2D eigenvalue weighted by atomic mass is 9.76. The molecular weight excluding hydrogens is 530 g/mol. The molecule has 0 bridgehead atoms. The molecule has 4 atom stereocenters. The number of esters is 1. The van der Waals surface area contributed by atoms with Crippen molar-refractivity contribution in [3.05, 3.63) is 59.3 Å². The maximum absolute atomic E-state index is 14.1. The van der Waals surface area contributed by atoms with Crippen LogP contribution >= 0.6 is 0 Å². The van der Waals surface area contributed by atoms with E-state index in [1.54, 1.807) is 33.0 Å². The number of aromatic nitrogens is 1. The highest BCUT2D eigenvalue weighted by Gasteiger charge is 2.70. The minimum Gasteiger partial charge on any atom is -0.497 e. The van der Waals surface area contributed by atoms with Gasteiger partial charge in [0.05, 0.1) is 33.2 Å². The summed E-state index contributed by atoms with van der Waals surface area (Å²) >= 11 is 0. The molecule has 216 valence electrons. The molecule has 5 rings (SSSR count). The Balaban J connectivity index is 1.77. The molecule has 2 saturated heterocycles. The number of aromatic amines is 1. The first-order chi connectivity index (χ1) is 19.4. The predicted octanol–water partition coefficient (Wildman–Crippen LogP) is 3.08. The Labute approximate surface area is 236 Å². The topological polar surface area (TPSA) is 147 Å². The summed E-state index contributed by atoms with van der Waals surface area (Å²) in [4.78, 5) is 58.9. The molecule has 3 heterocycles. The van der Waals surface area contributed by atoms with Crippen LogP contribution in [0.2, 0.25) is 0 Å². The van der Waals surface area contributed by atoms with E-state index in [9.17, 15) is 24.3 Å². The number of carbonyl (C=O) groups excluding carboxylic acids is 3. The van der Waals surface area contributed by atoms with E-state index in [0.717, 1.165) is 15.8 Å². The summed E-state index contributed by atoms with van der Waals surface area (Å²) in [7, 11) is 4.02. The van der Waals surface area contributed by atoms with E-state index in [0.29, 0.717) is 11.3 Å². The van der Waals surface area contributed by atoms with Crippen LogP contribution in [0.5, 0.6) is 11.5 Å². The molecule has 3 aromatic rings. The number of H-pyrrole nitrogens is 1. The third kappa shape index (κ3) is 4.22. The summed E-state index contributed by atoms with van der Waals surface area (Å²) < 4.78 is 16.0. The third-order valence-electron chi connectivity index (χ3n) is 8.14. The van der Waals surface area contributed by atoms with Crippen molar-refractivity contribution in [3.8, 4) is 11.5 Å². The van der Waals surface area contributed by atoms with Gasteiger partial charge in [-0.1, -0.05) is 18.2 Å². The van der Waals surface area contributed by atoms with Gasteiger partial charge in [0.1, 0.15) is 22.6 Å². The largest absolute Gasteiger partial charge is 0.497 e. The quantitative estimate of drug-likeness (QED) is 0.291. The Bertz CT molecular complexity index is 1570. The maximum Gasteiger partial charge on any atom is 0.341 e. The number of benzene rings is 2. The zero-order chi connectivity index (χ0) is 29.9. The highest BCUT2D eigenvalue weighted by atomic mass is 16.5. The second kappa shape index (κ2) is 9.91. The number of carboxylic acids is 1. The minimum atomic E-state index is -1.89. The SMILES string of the molecule is COC(=O)c1c(OC)cc(OC)cc1C1NC(Cc2c[nH]c3ccccc23)(C(=O)O)C2C(=O)N(C(C)(C)C)C(=O)C12. The van der Waals surface area contributed by atoms with Crippen LogP contribution < -0.4 is 14.8 Å². The third-order valence-corrected chi connectivity index (χ3v) is 8.14. The van der Waals surface area contributed by atoms with Gasteiger partial charge < -0.3 is 24.3 Å². The van der Waals surface area contributed by atoms with Crippen molar-refractivity contribution in [1.29, 1.82) is 0 Å². The highest BCUT2D eigenvalue weighted by molar-refractivity contribution is 6.10. The zero-order valence-corrected chi connectivity index (χ0v) is 23.7. The van der Waals surface area contributed by atoms with Gasteiger partial charge in [0, 0.05) is 41.2 Å². The molecule has 2 aliphatic rings. The van der Waals surface area contributed by atoms with Crippen LogP contribution in [-0.4, -0.2) is 71.2 Å². The van der Waals surface area contributed by atoms with Gasteiger partial charge in [0.25, 0.3) is 0 Å². The predicted molar refractivity (Wildman–Crippen MR) is 148 cm³/mol. The van der Waals surface area contributed by atoms with E-state index < -0.39 is 52.7 Å². The van der Waals surface area contributed by atoms with Crippen LogP contribution in [0.4, 0.5) is 0 Å². The Morgan fingerprint density at radius 1 is 1.05 bits per heavy atom. The van der Waals surface area contributed by atoms with Crippen molar-refractivity contribution in [3.63, 3.8) is 0 Å². The van der Waals surface area contributed by atoms with Crippen molar-refractivity contribution < 1.29 is 38.5 Å². The molecule has 4 unspecified atom stereocenters. The standard InChI is InChI=1S/C30H33N3O8/c1-29(2,3)33-25(34)22-23(26(33)35)30(28(37)38,13-15-14-31-19-10-8-7-9-17(15)19)32-24(22)18-11-16(39-4)12-20(40-5)21(18)27(36)41-6/h7-12,14,22-24,31-32H,13H2,1-6H3,(H,37,38). The van der Waals surface area contributed by atoms with E-state index >= 15 is 0 Å². The number of carboxylic acid groups (broad SMARTS) is 1. The number of aliphatic carboxylic acids is 1. The Morgan fingerprint density at radius 3 is 2.37 bits per heavy atom. The number of fused-ring (bicyclic) bond motifs is 2. The number of hydrogen-bond acceptors (Lipinski definition) is 8. The van der Waals surface area contributed by atoms with Gasteiger partial charge in [-0.2, -0.15) is 0 Å². The summed E-state index contributed by atoms with van der Waals surface area (Å²) in [6.45, 7) is 5.18. The van der Waals surface area contributed by atoms with E-state index in [1.807, 2.05) is 24.3 Å². The molecule has 2 amide bonds. The molecule has 0 spiro atoms. The van der Waals surface area contributed by atoms with Crippen molar-refractivity contribution in [2.24, 2.45) is 11.8 Å². The number of para-hydroxylation sites is 1. The molecule has 0 radical (unpaired) electrons. The van der Waals surface area contributed by atoms with Crippen LogP contribution in [0.15, 0.2) is 42.6 Å². The number of methoxy groups -OCH3 is 3. The number of hydrogen-bond donors (Lipinski definition) is 3. The Kier molecular flexibility index (Phi) is 6.81. The molecular formula is C30H33N3O8. The number of amides is 2. The van der Waals surface area contributed by atoms with Gasteiger partial charge in [0.2, 0.25) is 11.8 Å². The van der Waals surface area contributed by atoms with Gasteiger partial charge in [0.15, 0.2) is 0 Å². The van der Waals surface area contributed by atoms with Crippen molar-refractivity contribution in [2.75, 3.05) is 21.3 Å². The first-order valence-corrected chi connectivity index (χ1v) is 13.2. The van der Waals surface area contributed by atoms with E-state index in [1.165, 1.54) is 27.4 Å². The highest BCUT2D eigenvalue weighted by Crippen LogP contribution is 2.53. The molecule has 0 saturated carbocycles. The lowest BCUT2D eigenvalue weighted by Crippen LogP contribution is -2.58. The number of likely N-dealkylation sites (tertiary alicyclic amines) is 1. The number of nitrogens with zero attached hydrogens (tertiary/aromatic N) is 1. The fourth-order valence-electron chi connectivity index (χ4n) is 6.40. The fraction of sp³-hybridized carbons (Fsp3) is 0.400. The van der Waals surface area contributed by atoms with Crippen molar-refractivity contribution >= 4 is 34.7 Å². The number of imide groups is 1. The first-order valence-electron chi connectivity index (χ1n) is 13.2. The number of carbonyl (C=O) groups is 4. The van der Waals surface area contributed by atoms with Crippen molar-refractivity contribution in [2.45, 2.75) is 44.3 Å². The minimum absolute atomic E-state index is 0.00907. The average Bonchev–Trinajstić information content (AvgIpc) is 3.59. The summed E-state index contributed by atoms with van der Waals surface area (Å²) in [5, 5.41) is 14.9. The Morgan fingerprint density at radius 2 is 1.76 bits per heavy atom. The maximum atomic E-state index is 14.1. The van der Waals surface area contributed by atoms with Crippen LogP contribution in [0, 0.1) is 11.8 Å². The summed E-state index contributed by atoms with van der Waals surface area (Å²) in [5.41, 5.74) is -1.08. The molecule has 1 aromatic heterocycles. The molecule has 2 fully saturated rings. The van der Waals surface area contributed by atoms with Crippen LogP contribution in [0.25, 0.3) is 10.9 Å². The lowest BCUT2D eigenvalue weighted by molar-refractivity contribution is -0.153. The summed E-state index contributed by atoms with van der Waals surface area (Å²) in [6, 6.07) is 9.43. The normalized spacial score (nSPS) is 24.0. The van der Waals surface area contributed by atoms with Gasteiger partial charge in [-0.25, -0.2) is 4.79 Å². The summed E-state index contributed by atoms with van der Waals surface area (Å²) in [5.74, 6) is -5.10.